The molecule has 0 spiro atoms. The molecule has 19 heavy (non-hydrogen) atoms. The Labute approximate surface area is 126 Å². The number of benzene rings is 2. The number of rotatable bonds is 5. The highest BCUT2D eigenvalue weighted by Gasteiger charge is 2.08. The molecule has 4 heteroatoms. The van der Waals surface area contributed by atoms with E-state index in [1.165, 1.54) is 0 Å². The Morgan fingerprint density at radius 1 is 1.21 bits per heavy atom. The molecule has 0 atom stereocenters. The Hall–Kier alpha value is -1.03. The summed E-state index contributed by atoms with van der Waals surface area (Å²) in [4.78, 5) is 0. The summed E-state index contributed by atoms with van der Waals surface area (Å²) in [5.41, 5.74) is 0.978. The van der Waals surface area contributed by atoms with Crippen molar-refractivity contribution in [2.45, 2.75) is 13.5 Å². The summed E-state index contributed by atoms with van der Waals surface area (Å²) in [7, 11) is 0. The number of nitrogens with one attached hydrogen (secondary N) is 1. The molecule has 0 amide bonds. The van der Waals surface area contributed by atoms with E-state index >= 15 is 0 Å². The van der Waals surface area contributed by atoms with Crippen LogP contribution in [0.3, 0.4) is 0 Å². The van der Waals surface area contributed by atoms with Crippen molar-refractivity contribution in [3.05, 3.63) is 57.5 Å². The first-order valence-electron chi connectivity index (χ1n) is 6.12. The molecule has 0 fully saturated rings. The van der Waals surface area contributed by atoms with Crippen molar-refractivity contribution < 1.29 is 4.74 Å². The second-order valence-electron chi connectivity index (χ2n) is 4.06. The van der Waals surface area contributed by atoms with Crippen LogP contribution in [0, 0.1) is 0 Å². The van der Waals surface area contributed by atoms with Gasteiger partial charge >= 0.3 is 0 Å². The van der Waals surface area contributed by atoms with E-state index in [4.69, 9.17) is 16.3 Å². The van der Waals surface area contributed by atoms with Crippen molar-refractivity contribution in [1.82, 2.24) is 5.32 Å². The molecule has 100 valence electrons. The standard InChI is InChI=1S/C15H15BrClNO/c1-2-18-10-13-14(17)7-4-8-15(13)19-12-6-3-5-11(16)9-12/h3-9,18H,2,10H2,1H3. The zero-order chi connectivity index (χ0) is 13.7. The van der Waals surface area contributed by atoms with Gasteiger partial charge in [0.1, 0.15) is 11.5 Å². The SMILES string of the molecule is CCNCc1c(Cl)cccc1Oc1cccc(Br)c1. The average molecular weight is 341 g/mol. The van der Waals surface area contributed by atoms with E-state index in [9.17, 15) is 0 Å². The van der Waals surface area contributed by atoms with E-state index in [1.807, 2.05) is 42.5 Å². The van der Waals surface area contributed by atoms with Gasteiger partial charge in [-0.1, -0.05) is 46.6 Å². The van der Waals surface area contributed by atoms with Crippen molar-refractivity contribution in [2.75, 3.05) is 6.54 Å². The summed E-state index contributed by atoms with van der Waals surface area (Å²) in [5.74, 6) is 1.57. The van der Waals surface area contributed by atoms with Crippen LogP contribution in [0.4, 0.5) is 0 Å². The number of hydrogen-bond donors (Lipinski definition) is 1. The Kier molecular flexibility index (Phi) is 5.25. The fraction of sp³-hybridized carbons (Fsp3) is 0.200. The van der Waals surface area contributed by atoms with Crippen LogP contribution in [0.15, 0.2) is 46.9 Å². The van der Waals surface area contributed by atoms with Gasteiger partial charge in [-0.25, -0.2) is 0 Å². The first-order chi connectivity index (χ1) is 9.20. The predicted octanol–water partition coefficient (Wildman–Crippen LogP) is 5.00. The summed E-state index contributed by atoms with van der Waals surface area (Å²) in [5, 5.41) is 3.99. The lowest BCUT2D eigenvalue weighted by atomic mass is 10.2. The molecule has 0 aliphatic carbocycles. The molecule has 0 aliphatic rings. The molecule has 0 bridgehead atoms. The lowest BCUT2D eigenvalue weighted by Crippen LogP contribution is -2.12. The first kappa shape index (κ1) is 14.4. The van der Waals surface area contributed by atoms with E-state index in [0.29, 0.717) is 11.6 Å². The van der Waals surface area contributed by atoms with E-state index in [2.05, 4.69) is 28.2 Å². The smallest absolute Gasteiger partial charge is 0.133 e. The van der Waals surface area contributed by atoms with Gasteiger partial charge in [0.05, 0.1) is 0 Å². The summed E-state index contributed by atoms with van der Waals surface area (Å²) in [6, 6.07) is 13.4. The van der Waals surface area contributed by atoms with Crippen LogP contribution in [0.25, 0.3) is 0 Å². The van der Waals surface area contributed by atoms with Crippen LogP contribution in [0.2, 0.25) is 5.02 Å². The zero-order valence-corrected chi connectivity index (χ0v) is 13.0. The maximum absolute atomic E-state index is 6.23. The number of ether oxygens (including phenoxy) is 1. The Bertz CT molecular complexity index is 560. The largest absolute Gasteiger partial charge is 0.457 e. The minimum Gasteiger partial charge on any atom is -0.457 e. The van der Waals surface area contributed by atoms with Gasteiger partial charge in [-0.3, -0.25) is 0 Å². The van der Waals surface area contributed by atoms with Gasteiger partial charge in [0.25, 0.3) is 0 Å². The highest BCUT2D eigenvalue weighted by Crippen LogP contribution is 2.31. The molecular formula is C15H15BrClNO. The van der Waals surface area contributed by atoms with Gasteiger partial charge < -0.3 is 10.1 Å². The molecule has 0 saturated heterocycles. The molecule has 1 N–H and O–H groups in total. The maximum Gasteiger partial charge on any atom is 0.133 e. The van der Waals surface area contributed by atoms with Gasteiger partial charge in [-0.05, 0) is 36.9 Å². The Morgan fingerprint density at radius 3 is 2.74 bits per heavy atom. The quantitative estimate of drug-likeness (QED) is 0.826. The molecule has 0 radical (unpaired) electrons. The summed E-state index contributed by atoms with van der Waals surface area (Å²) in [6.07, 6.45) is 0. The second-order valence-corrected chi connectivity index (χ2v) is 5.38. The zero-order valence-electron chi connectivity index (χ0n) is 10.6. The van der Waals surface area contributed by atoms with Crippen LogP contribution < -0.4 is 10.1 Å². The van der Waals surface area contributed by atoms with Crippen molar-refractivity contribution in [3.63, 3.8) is 0 Å². The summed E-state index contributed by atoms with van der Waals surface area (Å²) >= 11 is 9.67. The predicted molar refractivity (Wildman–Crippen MR) is 83.0 cm³/mol. The Balaban J connectivity index is 2.26. The number of hydrogen-bond acceptors (Lipinski definition) is 2. The molecule has 2 rings (SSSR count). The molecule has 0 aromatic heterocycles. The summed E-state index contributed by atoms with van der Waals surface area (Å²) in [6.45, 7) is 3.65. The number of halogens is 2. The van der Waals surface area contributed by atoms with E-state index < -0.39 is 0 Å². The molecule has 0 aliphatic heterocycles. The van der Waals surface area contributed by atoms with Crippen molar-refractivity contribution >= 4 is 27.5 Å². The Morgan fingerprint density at radius 2 is 2.00 bits per heavy atom. The third kappa shape index (κ3) is 3.96. The monoisotopic (exact) mass is 339 g/mol. The summed E-state index contributed by atoms with van der Waals surface area (Å²) < 4.78 is 6.90. The van der Waals surface area contributed by atoms with E-state index in [1.54, 1.807) is 0 Å². The van der Waals surface area contributed by atoms with Crippen LogP contribution in [0.5, 0.6) is 11.5 Å². The van der Waals surface area contributed by atoms with E-state index in [0.717, 1.165) is 28.1 Å². The molecule has 0 saturated carbocycles. The van der Waals surface area contributed by atoms with Crippen molar-refractivity contribution in [2.24, 2.45) is 0 Å². The van der Waals surface area contributed by atoms with Gasteiger partial charge in [-0.15, -0.1) is 0 Å². The van der Waals surface area contributed by atoms with Gasteiger partial charge in [-0.2, -0.15) is 0 Å². The third-order valence-corrected chi connectivity index (χ3v) is 3.50. The first-order valence-corrected chi connectivity index (χ1v) is 7.29. The minimum absolute atomic E-state index is 0.694. The molecule has 2 aromatic carbocycles. The van der Waals surface area contributed by atoms with Crippen LogP contribution in [0.1, 0.15) is 12.5 Å². The molecule has 0 unspecified atom stereocenters. The lowest BCUT2D eigenvalue weighted by Gasteiger charge is -2.13. The minimum atomic E-state index is 0.694. The second kappa shape index (κ2) is 6.94. The van der Waals surface area contributed by atoms with E-state index in [-0.39, 0.29) is 0 Å². The average Bonchev–Trinajstić information content (AvgIpc) is 2.38. The fourth-order valence-electron chi connectivity index (χ4n) is 1.71. The van der Waals surface area contributed by atoms with Crippen molar-refractivity contribution in [3.8, 4) is 11.5 Å². The highest BCUT2D eigenvalue weighted by molar-refractivity contribution is 9.10. The molecule has 2 aromatic rings. The van der Waals surface area contributed by atoms with Gasteiger partial charge in [0, 0.05) is 21.6 Å². The fourth-order valence-corrected chi connectivity index (χ4v) is 2.32. The van der Waals surface area contributed by atoms with Crippen molar-refractivity contribution in [1.29, 1.82) is 0 Å². The lowest BCUT2D eigenvalue weighted by molar-refractivity contribution is 0.473. The maximum atomic E-state index is 6.23. The molecular weight excluding hydrogens is 326 g/mol. The highest BCUT2D eigenvalue weighted by atomic mass is 79.9. The topological polar surface area (TPSA) is 21.3 Å². The van der Waals surface area contributed by atoms with Crippen LogP contribution in [-0.4, -0.2) is 6.54 Å². The third-order valence-electron chi connectivity index (χ3n) is 2.65. The van der Waals surface area contributed by atoms with Crippen LogP contribution in [-0.2, 0) is 6.54 Å². The van der Waals surface area contributed by atoms with Gasteiger partial charge in [0.15, 0.2) is 0 Å². The molecule has 2 nitrogen and oxygen atoms in total. The van der Waals surface area contributed by atoms with Crippen LogP contribution >= 0.6 is 27.5 Å². The normalized spacial score (nSPS) is 10.5. The van der Waals surface area contributed by atoms with Gasteiger partial charge in [0.2, 0.25) is 0 Å². The molecule has 0 heterocycles.